The monoisotopic (exact) mass is 412 g/mol. The fraction of sp³-hybridized carbons (Fsp3) is 0.158. The highest BCUT2D eigenvalue weighted by Crippen LogP contribution is 2.22. The van der Waals surface area contributed by atoms with Gasteiger partial charge in [0.05, 0.1) is 16.5 Å². The molecule has 1 heterocycles. The Morgan fingerprint density at radius 2 is 1.90 bits per heavy atom. The Labute approximate surface area is 167 Å². The van der Waals surface area contributed by atoms with Gasteiger partial charge >= 0.3 is 5.97 Å². The van der Waals surface area contributed by atoms with Gasteiger partial charge in [-0.25, -0.2) is 8.42 Å². The molecular formula is C19H16N4O5S. The predicted molar refractivity (Wildman–Crippen MR) is 104 cm³/mol. The molecule has 2 aromatic carbocycles. The second kappa shape index (κ2) is 8.12. The molecule has 0 saturated carbocycles. The largest absolute Gasteiger partial charge is 0.451 e. The van der Waals surface area contributed by atoms with Crippen molar-refractivity contribution in [2.24, 2.45) is 4.99 Å². The van der Waals surface area contributed by atoms with Gasteiger partial charge in [0, 0.05) is 11.3 Å². The molecule has 1 aliphatic rings. The van der Waals surface area contributed by atoms with Gasteiger partial charge in [0.25, 0.3) is 15.9 Å². The lowest BCUT2D eigenvalue weighted by atomic mass is 10.2. The third kappa shape index (κ3) is 4.59. The molecule has 0 bridgehead atoms. The zero-order valence-corrected chi connectivity index (χ0v) is 16.1. The normalized spacial score (nSPS) is 16.2. The molecule has 1 amide bonds. The molecule has 148 valence electrons. The maximum absolute atomic E-state index is 12.1. The number of carbonyl (C=O) groups excluding carboxylic acids is 2. The third-order valence-electron chi connectivity index (χ3n) is 3.99. The lowest BCUT2D eigenvalue weighted by Crippen LogP contribution is -2.31. The molecule has 2 N–H and O–H groups in total. The summed E-state index contributed by atoms with van der Waals surface area (Å²) in [6.07, 6.45) is -1.09. The number of carbonyl (C=O) groups is 2. The van der Waals surface area contributed by atoms with E-state index in [9.17, 15) is 18.0 Å². The van der Waals surface area contributed by atoms with Gasteiger partial charge in [-0.05, 0) is 43.3 Å². The standard InChI is InChI=1S/C19H16N4O5S/c1-12(19(25)22-14-8-6-13(10-20)7-9-14)28-17(24)11-21-18-15-4-2-3-5-16(15)29(26,27)23-18/h2-9,12H,11H2,1H3,(H,21,23)(H,22,25)/t12-/m0/s1. The first-order chi connectivity index (χ1) is 13.8. The number of nitriles is 1. The summed E-state index contributed by atoms with van der Waals surface area (Å²) in [7, 11) is -3.70. The number of nitrogens with one attached hydrogen (secondary N) is 2. The number of rotatable bonds is 5. The van der Waals surface area contributed by atoms with E-state index in [1.807, 2.05) is 6.07 Å². The number of esters is 1. The molecule has 10 heteroatoms. The van der Waals surface area contributed by atoms with E-state index in [4.69, 9.17) is 10.00 Å². The number of hydrogen-bond donors (Lipinski definition) is 2. The number of amides is 1. The molecule has 9 nitrogen and oxygen atoms in total. The highest BCUT2D eigenvalue weighted by molar-refractivity contribution is 7.90. The van der Waals surface area contributed by atoms with Crippen LogP contribution in [0.5, 0.6) is 0 Å². The topological polar surface area (TPSA) is 138 Å². The van der Waals surface area contributed by atoms with E-state index in [0.29, 0.717) is 16.8 Å². The van der Waals surface area contributed by atoms with Crippen molar-refractivity contribution in [3.8, 4) is 6.07 Å². The highest BCUT2D eigenvalue weighted by Gasteiger charge is 2.30. The van der Waals surface area contributed by atoms with Crippen LogP contribution in [0.4, 0.5) is 5.69 Å². The van der Waals surface area contributed by atoms with Crippen molar-refractivity contribution in [1.82, 2.24) is 4.72 Å². The Bertz CT molecular complexity index is 1130. The number of sulfonamides is 1. The van der Waals surface area contributed by atoms with Gasteiger partial charge in [-0.1, -0.05) is 12.1 Å². The molecule has 0 saturated heterocycles. The summed E-state index contributed by atoms with van der Waals surface area (Å²) >= 11 is 0. The Morgan fingerprint density at radius 3 is 2.59 bits per heavy atom. The molecule has 2 aromatic rings. The second-order valence-electron chi connectivity index (χ2n) is 6.08. The van der Waals surface area contributed by atoms with Gasteiger partial charge in [-0.2, -0.15) is 5.26 Å². The van der Waals surface area contributed by atoms with Crippen molar-refractivity contribution in [2.75, 3.05) is 11.9 Å². The van der Waals surface area contributed by atoms with Gasteiger partial charge in [-0.15, -0.1) is 0 Å². The van der Waals surface area contributed by atoms with E-state index in [1.165, 1.54) is 13.0 Å². The van der Waals surface area contributed by atoms with Crippen LogP contribution in [0.2, 0.25) is 0 Å². The van der Waals surface area contributed by atoms with Crippen LogP contribution in [-0.2, 0) is 24.3 Å². The van der Waals surface area contributed by atoms with Gasteiger partial charge in [0.1, 0.15) is 12.4 Å². The number of benzene rings is 2. The van der Waals surface area contributed by atoms with E-state index < -0.39 is 34.5 Å². The number of amidine groups is 1. The number of fused-ring (bicyclic) bond motifs is 1. The van der Waals surface area contributed by atoms with E-state index >= 15 is 0 Å². The van der Waals surface area contributed by atoms with Crippen LogP contribution in [0, 0.1) is 11.3 Å². The Morgan fingerprint density at radius 1 is 1.21 bits per heavy atom. The van der Waals surface area contributed by atoms with Crippen LogP contribution in [-0.4, -0.2) is 38.8 Å². The number of hydrogen-bond acceptors (Lipinski definition) is 7. The summed E-state index contributed by atoms with van der Waals surface area (Å²) in [6, 6.07) is 14.4. The van der Waals surface area contributed by atoms with E-state index in [0.717, 1.165) is 0 Å². The predicted octanol–water partition coefficient (Wildman–Crippen LogP) is 1.17. The fourth-order valence-corrected chi connectivity index (χ4v) is 3.81. The number of ether oxygens (including phenoxy) is 1. The Kier molecular flexibility index (Phi) is 5.61. The molecule has 0 fully saturated rings. The lowest BCUT2D eigenvalue weighted by molar-refractivity contribution is -0.151. The van der Waals surface area contributed by atoms with Crippen LogP contribution >= 0.6 is 0 Å². The third-order valence-corrected chi connectivity index (χ3v) is 5.39. The summed E-state index contributed by atoms with van der Waals surface area (Å²) in [4.78, 5) is 28.2. The molecule has 29 heavy (non-hydrogen) atoms. The zero-order chi connectivity index (χ0) is 21.0. The van der Waals surface area contributed by atoms with Crippen LogP contribution in [0.15, 0.2) is 58.4 Å². The Hall–Kier alpha value is -3.71. The van der Waals surface area contributed by atoms with Gasteiger partial charge in [-0.3, -0.25) is 19.3 Å². The van der Waals surface area contributed by atoms with Crippen LogP contribution in [0.25, 0.3) is 0 Å². The van der Waals surface area contributed by atoms with Crippen molar-refractivity contribution in [1.29, 1.82) is 5.26 Å². The van der Waals surface area contributed by atoms with Gasteiger partial charge in [0.2, 0.25) is 0 Å². The fourth-order valence-electron chi connectivity index (χ4n) is 2.55. The maximum atomic E-state index is 12.1. The van der Waals surface area contributed by atoms with Crippen molar-refractivity contribution in [3.63, 3.8) is 0 Å². The first-order valence-electron chi connectivity index (χ1n) is 8.47. The van der Waals surface area contributed by atoms with Crippen molar-refractivity contribution >= 4 is 33.4 Å². The van der Waals surface area contributed by atoms with Gasteiger partial charge < -0.3 is 10.1 Å². The summed E-state index contributed by atoms with van der Waals surface area (Å²) in [6.45, 7) is 0.943. The molecule has 0 spiro atoms. The average molecular weight is 412 g/mol. The SMILES string of the molecule is C[C@H](OC(=O)CN=C1NS(=O)(=O)c2ccccc21)C(=O)Nc1ccc(C#N)cc1. The Balaban J connectivity index is 1.58. The zero-order valence-electron chi connectivity index (χ0n) is 15.2. The molecule has 0 unspecified atom stereocenters. The molecule has 1 atom stereocenters. The first kappa shape index (κ1) is 20.0. The highest BCUT2D eigenvalue weighted by atomic mass is 32.2. The van der Waals surface area contributed by atoms with Crippen molar-refractivity contribution in [3.05, 3.63) is 59.7 Å². The van der Waals surface area contributed by atoms with Gasteiger partial charge in [0.15, 0.2) is 6.10 Å². The molecular weight excluding hydrogens is 396 g/mol. The minimum atomic E-state index is -3.70. The number of nitrogens with zero attached hydrogens (tertiary/aromatic N) is 2. The number of anilines is 1. The molecule has 3 rings (SSSR count). The van der Waals surface area contributed by atoms with Crippen molar-refractivity contribution < 1.29 is 22.7 Å². The van der Waals surface area contributed by atoms with E-state index in [-0.39, 0.29) is 10.7 Å². The van der Waals surface area contributed by atoms with E-state index in [2.05, 4.69) is 15.0 Å². The van der Waals surface area contributed by atoms with E-state index in [1.54, 1.807) is 42.5 Å². The average Bonchev–Trinajstić information content (AvgIpc) is 2.97. The summed E-state index contributed by atoms with van der Waals surface area (Å²) in [5.41, 5.74) is 1.27. The summed E-state index contributed by atoms with van der Waals surface area (Å²) in [5, 5.41) is 11.3. The quantitative estimate of drug-likeness (QED) is 0.707. The molecule has 1 aliphatic heterocycles. The maximum Gasteiger partial charge on any atom is 0.328 e. The van der Waals surface area contributed by atoms with Crippen molar-refractivity contribution in [2.45, 2.75) is 17.9 Å². The van der Waals surface area contributed by atoms with Crippen LogP contribution < -0.4 is 10.0 Å². The molecule has 0 aromatic heterocycles. The van der Waals surface area contributed by atoms with Crippen LogP contribution in [0.3, 0.4) is 0 Å². The minimum absolute atomic E-state index is 0.0484. The summed E-state index contributed by atoms with van der Waals surface area (Å²) < 4.78 is 31.3. The summed E-state index contributed by atoms with van der Waals surface area (Å²) in [5.74, 6) is -1.29. The molecule has 0 radical (unpaired) electrons. The smallest absolute Gasteiger partial charge is 0.328 e. The lowest BCUT2D eigenvalue weighted by Gasteiger charge is -2.13. The second-order valence-corrected chi connectivity index (χ2v) is 7.73. The number of aliphatic imine (C=N–C) groups is 1. The van der Waals surface area contributed by atoms with Crippen LogP contribution in [0.1, 0.15) is 18.1 Å². The minimum Gasteiger partial charge on any atom is -0.451 e. The first-order valence-corrected chi connectivity index (χ1v) is 9.95. The molecule has 0 aliphatic carbocycles.